The number of amides is 1. The van der Waals surface area contributed by atoms with E-state index in [4.69, 9.17) is 5.21 Å². The third-order valence-electron chi connectivity index (χ3n) is 3.29. The number of carbonyl (C=O) groups is 1. The largest absolute Gasteiger partial charge is 0.416 e. The highest BCUT2D eigenvalue weighted by molar-refractivity contribution is 5.96. The van der Waals surface area contributed by atoms with Crippen molar-refractivity contribution in [3.8, 4) is 0 Å². The highest BCUT2D eigenvalue weighted by Gasteiger charge is 2.33. The first-order chi connectivity index (χ1) is 9.82. The number of hydrogen-bond acceptors (Lipinski definition) is 3. The zero-order valence-corrected chi connectivity index (χ0v) is 10.8. The van der Waals surface area contributed by atoms with Crippen molar-refractivity contribution in [1.29, 1.82) is 0 Å². The van der Waals surface area contributed by atoms with Crippen molar-refractivity contribution in [3.05, 3.63) is 35.1 Å². The summed E-state index contributed by atoms with van der Waals surface area (Å²) in [5.41, 5.74) is -1.17. The molecule has 1 aliphatic heterocycles. The molecule has 114 valence electrons. The van der Waals surface area contributed by atoms with Gasteiger partial charge in [-0.05, 0) is 18.2 Å². The Balaban J connectivity index is 2.23. The summed E-state index contributed by atoms with van der Waals surface area (Å²) in [7, 11) is 0. The Bertz CT molecular complexity index is 574. The fourth-order valence-electron chi connectivity index (χ4n) is 2.10. The standard InChI is InChI=1S/C13H12F4N2O2/c14-11-2-1-8(13(15,16)17)7-10(11)12(20)19-5-3-9(18-21)4-6-19/h1-2,7,21H,3-6H2. The fraction of sp³-hybridized carbons (Fsp3) is 0.385. The number of carbonyl (C=O) groups excluding carboxylic acids is 1. The lowest BCUT2D eigenvalue weighted by Crippen LogP contribution is -2.39. The molecule has 1 aromatic rings. The summed E-state index contributed by atoms with van der Waals surface area (Å²) in [4.78, 5) is 13.4. The Morgan fingerprint density at radius 2 is 1.86 bits per heavy atom. The quantitative estimate of drug-likeness (QED) is 0.493. The van der Waals surface area contributed by atoms with Crippen molar-refractivity contribution in [2.45, 2.75) is 19.0 Å². The second-order valence-corrected chi connectivity index (χ2v) is 4.65. The minimum atomic E-state index is -4.64. The number of halogens is 4. The molecule has 4 nitrogen and oxygen atoms in total. The molecule has 0 radical (unpaired) electrons. The Morgan fingerprint density at radius 3 is 2.38 bits per heavy atom. The van der Waals surface area contributed by atoms with Crippen molar-refractivity contribution in [2.24, 2.45) is 5.16 Å². The SMILES string of the molecule is O=C(c1cc(C(F)(F)F)ccc1F)N1CCC(=NO)CC1. The second kappa shape index (κ2) is 5.71. The van der Waals surface area contributed by atoms with Gasteiger partial charge in [0, 0.05) is 25.9 Å². The Labute approximate surface area is 117 Å². The van der Waals surface area contributed by atoms with Crippen LogP contribution in [0.4, 0.5) is 17.6 Å². The zero-order valence-electron chi connectivity index (χ0n) is 10.8. The minimum Gasteiger partial charge on any atom is -0.411 e. The van der Waals surface area contributed by atoms with E-state index in [-0.39, 0.29) is 13.1 Å². The number of alkyl halides is 3. The molecule has 0 aromatic heterocycles. The maximum atomic E-state index is 13.6. The molecule has 0 bridgehead atoms. The molecule has 0 aliphatic carbocycles. The highest BCUT2D eigenvalue weighted by Crippen LogP contribution is 2.30. The molecule has 0 spiro atoms. The maximum absolute atomic E-state index is 13.6. The van der Waals surface area contributed by atoms with Gasteiger partial charge in [0.15, 0.2) is 0 Å². The molecule has 1 fully saturated rings. The summed E-state index contributed by atoms with van der Waals surface area (Å²) < 4.78 is 51.5. The number of nitrogens with zero attached hydrogens (tertiary/aromatic N) is 2. The van der Waals surface area contributed by atoms with Gasteiger partial charge in [-0.25, -0.2) is 4.39 Å². The van der Waals surface area contributed by atoms with Crippen LogP contribution in [0.5, 0.6) is 0 Å². The van der Waals surface area contributed by atoms with Gasteiger partial charge >= 0.3 is 6.18 Å². The van der Waals surface area contributed by atoms with E-state index in [9.17, 15) is 22.4 Å². The van der Waals surface area contributed by atoms with E-state index in [2.05, 4.69) is 5.16 Å². The van der Waals surface area contributed by atoms with Crippen LogP contribution in [0.3, 0.4) is 0 Å². The smallest absolute Gasteiger partial charge is 0.411 e. The van der Waals surface area contributed by atoms with Gasteiger partial charge in [-0.3, -0.25) is 4.79 Å². The van der Waals surface area contributed by atoms with Gasteiger partial charge in [0.25, 0.3) is 5.91 Å². The van der Waals surface area contributed by atoms with Gasteiger partial charge < -0.3 is 10.1 Å². The zero-order chi connectivity index (χ0) is 15.6. The van der Waals surface area contributed by atoms with Crippen LogP contribution >= 0.6 is 0 Å². The number of hydrogen-bond donors (Lipinski definition) is 1. The molecule has 2 rings (SSSR count). The van der Waals surface area contributed by atoms with Gasteiger partial charge in [-0.15, -0.1) is 0 Å². The van der Waals surface area contributed by atoms with Gasteiger partial charge in [0.2, 0.25) is 0 Å². The third-order valence-corrected chi connectivity index (χ3v) is 3.29. The summed E-state index contributed by atoms with van der Waals surface area (Å²) in [6.45, 7) is 0.349. The van der Waals surface area contributed by atoms with Crippen LogP contribution in [-0.4, -0.2) is 34.8 Å². The Morgan fingerprint density at radius 1 is 1.24 bits per heavy atom. The van der Waals surface area contributed by atoms with Crippen LogP contribution in [0, 0.1) is 5.82 Å². The molecule has 1 N–H and O–H groups in total. The topological polar surface area (TPSA) is 52.9 Å². The molecular formula is C13H12F4N2O2. The van der Waals surface area contributed by atoms with Crippen molar-refractivity contribution in [2.75, 3.05) is 13.1 Å². The van der Waals surface area contributed by atoms with Gasteiger partial charge in [0.1, 0.15) is 5.82 Å². The number of oxime groups is 1. The van der Waals surface area contributed by atoms with Crippen LogP contribution in [0.15, 0.2) is 23.4 Å². The molecule has 0 saturated carbocycles. The van der Waals surface area contributed by atoms with E-state index in [1.165, 1.54) is 4.90 Å². The van der Waals surface area contributed by atoms with E-state index in [1.54, 1.807) is 0 Å². The summed E-state index contributed by atoms with van der Waals surface area (Å²) in [6, 6.07) is 1.76. The summed E-state index contributed by atoms with van der Waals surface area (Å²) in [5.74, 6) is -1.79. The second-order valence-electron chi connectivity index (χ2n) is 4.65. The fourth-order valence-corrected chi connectivity index (χ4v) is 2.10. The Hall–Kier alpha value is -2.12. The molecule has 1 aliphatic rings. The van der Waals surface area contributed by atoms with Gasteiger partial charge in [-0.2, -0.15) is 13.2 Å². The average Bonchev–Trinajstić information content (AvgIpc) is 2.46. The van der Waals surface area contributed by atoms with E-state index in [1.807, 2.05) is 0 Å². The van der Waals surface area contributed by atoms with E-state index in [0.29, 0.717) is 36.8 Å². The van der Waals surface area contributed by atoms with Gasteiger partial charge in [0.05, 0.1) is 16.8 Å². The molecule has 1 heterocycles. The number of benzene rings is 1. The molecule has 0 atom stereocenters. The van der Waals surface area contributed by atoms with E-state index < -0.39 is 29.0 Å². The van der Waals surface area contributed by atoms with E-state index in [0.717, 1.165) is 0 Å². The van der Waals surface area contributed by atoms with Crippen molar-refractivity contribution >= 4 is 11.6 Å². The monoisotopic (exact) mass is 304 g/mol. The highest BCUT2D eigenvalue weighted by atomic mass is 19.4. The number of rotatable bonds is 1. The lowest BCUT2D eigenvalue weighted by molar-refractivity contribution is -0.137. The van der Waals surface area contributed by atoms with E-state index >= 15 is 0 Å². The minimum absolute atomic E-state index is 0.175. The van der Waals surface area contributed by atoms with Crippen LogP contribution < -0.4 is 0 Å². The predicted octanol–water partition coefficient (Wildman–Crippen LogP) is 2.91. The lowest BCUT2D eigenvalue weighted by Gasteiger charge is -2.27. The average molecular weight is 304 g/mol. The molecular weight excluding hydrogens is 292 g/mol. The van der Waals surface area contributed by atoms with Gasteiger partial charge in [-0.1, -0.05) is 5.16 Å². The summed E-state index contributed by atoms with van der Waals surface area (Å²) in [5, 5.41) is 11.6. The maximum Gasteiger partial charge on any atom is 0.416 e. The van der Waals surface area contributed by atoms with Crippen LogP contribution in [0.1, 0.15) is 28.8 Å². The molecule has 1 amide bonds. The molecule has 21 heavy (non-hydrogen) atoms. The summed E-state index contributed by atoms with van der Waals surface area (Å²) in [6.07, 6.45) is -4.02. The lowest BCUT2D eigenvalue weighted by atomic mass is 10.1. The van der Waals surface area contributed by atoms with Crippen LogP contribution in [-0.2, 0) is 6.18 Å². The molecule has 1 aromatic carbocycles. The molecule has 1 saturated heterocycles. The Kier molecular flexibility index (Phi) is 4.15. The molecule has 0 unspecified atom stereocenters. The van der Waals surface area contributed by atoms with Crippen molar-refractivity contribution < 1.29 is 27.6 Å². The first-order valence-corrected chi connectivity index (χ1v) is 6.18. The normalized spacial score (nSPS) is 16.0. The predicted molar refractivity (Wildman–Crippen MR) is 65.8 cm³/mol. The number of likely N-dealkylation sites (tertiary alicyclic amines) is 1. The summed E-state index contributed by atoms with van der Waals surface area (Å²) >= 11 is 0. The number of piperidine rings is 1. The van der Waals surface area contributed by atoms with Crippen LogP contribution in [0.25, 0.3) is 0 Å². The molecule has 8 heteroatoms. The first kappa shape index (κ1) is 15.3. The van der Waals surface area contributed by atoms with Crippen molar-refractivity contribution in [1.82, 2.24) is 4.90 Å². The third kappa shape index (κ3) is 3.32. The van der Waals surface area contributed by atoms with Crippen molar-refractivity contribution in [3.63, 3.8) is 0 Å². The first-order valence-electron chi connectivity index (χ1n) is 6.18. The van der Waals surface area contributed by atoms with Crippen LogP contribution in [0.2, 0.25) is 0 Å².